The van der Waals surface area contributed by atoms with Gasteiger partial charge < -0.3 is 5.11 Å². The predicted octanol–water partition coefficient (Wildman–Crippen LogP) is 3.55. The van der Waals surface area contributed by atoms with Crippen LogP contribution in [0.4, 0.5) is 0 Å². The first-order valence-electron chi connectivity index (χ1n) is 4.89. The molecular weight excluding hydrogens is 204 g/mol. The summed E-state index contributed by atoms with van der Waals surface area (Å²) in [5.74, 6) is 0. The first kappa shape index (κ1) is 8.89. The second-order valence-electron chi connectivity index (χ2n) is 3.59. The number of hydrogen-bond donors (Lipinski definition) is 1. The third kappa shape index (κ3) is 1.34. The zero-order valence-corrected chi connectivity index (χ0v) is 8.92. The summed E-state index contributed by atoms with van der Waals surface area (Å²) in [6.45, 7) is 0.115. The molecule has 0 aliphatic carbocycles. The van der Waals surface area contributed by atoms with Crippen LogP contribution < -0.4 is 0 Å². The van der Waals surface area contributed by atoms with Gasteiger partial charge in [0, 0.05) is 20.2 Å². The molecule has 74 valence electrons. The summed E-state index contributed by atoms with van der Waals surface area (Å²) in [5.41, 5.74) is 0.981. The highest BCUT2D eigenvalue weighted by Gasteiger charge is 2.04. The molecule has 1 nitrogen and oxygen atoms in total. The molecule has 0 spiro atoms. The monoisotopic (exact) mass is 214 g/mol. The van der Waals surface area contributed by atoms with Gasteiger partial charge in [-0.15, -0.1) is 11.3 Å². The molecule has 2 heteroatoms. The SMILES string of the molecule is OCc1ccc2c(c1)sc1ccccc12. The maximum atomic E-state index is 9.08. The molecule has 3 aromatic rings. The van der Waals surface area contributed by atoms with Gasteiger partial charge in [-0.1, -0.05) is 30.3 Å². The summed E-state index contributed by atoms with van der Waals surface area (Å²) >= 11 is 1.78. The zero-order valence-electron chi connectivity index (χ0n) is 8.10. The van der Waals surface area contributed by atoms with Gasteiger partial charge in [-0.3, -0.25) is 0 Å². The van der Waals surface area contributed by atoms with Crippen LogP contribution >= 0.6 is 11.3 Å². The summed E-state index contributed by atoms with van der Waals surface area (Å²) < 4.78 is 2.56. The average molecular weight is 214 g/mol. The molecule has 0 bridgehead atoms. The molecule has 1 heterocycles. The van der Waals surface area contributed by atoms with Crippen molar-refractivity contribution in [3.8, 4) is 0 Å². The molecule has 0 aliphatic heterocycles. The van der Waals surface area contributed by atoms with E-state index in [1.54, 1.807) is 11.3 Å². The van der Waals surface area contributed by atoms with Crippen LogP contribution in [0.15, 0.2) is 42.5 Å². The summed E-state index contributed by atoms with van der Waals surface area (Å²) in [6.07, 6.45) is 0. The van der Waals surface area contributed by atoms with E-state index >= 15 is 0 Å². The van der Waals surface area contributed by atoms with Crippen LogP contribution in [0.2, 0.25) is 0 Å². The van der Waals surface area contributed by atoms with Crippen LogP contribution in [0, 0.1) is 0 Å². The van der Waals surface area contributed by atoms with Crippen molar-refractivity contribution in [3.05, 3.63) is 48.0 Å². The van der Waals surface area contributed by atoms with Crippen molar-refractivity contribution >= 4 is 31.5 Å². The Morgan fingerprint density at radius 2 is 1.73 bits per heavy atom. The summed E-state index contributed by atoms with van der Waals surface area (Å²) in [6, 6.07) is 14.6. The molecule has 1 N–H and O–H groups in total. The molecule has 0 fully saturated rings. The Bertz CT molecular complexity index is 625. The maximum Gasteiger partial charge on any atom is 0.0682 e. The first-order valence-corrected chi connectivity index (χ1v) is 5.71. The number of aliphatic hydroxyl groups excluding tert-OH is 1. The highest BCUT2D eigenvalue weighted by molar-refractivity contribution is 7.25. The second-order valence-corrected chi connectivity index (χ2v) is 4.67. The van der Waals surface area contributed by atoms with Crippen LogP contribution in [0.5, 0.6) is 0 Å². The third-order valence-electron chi connectivity index (χ3n) is 2.63. The minimum atomic E-state index is 0.115. The standard InChI is InChI=1S/C13H10OS/c14-8-9-5-6-11-10-3-1-2-4-12(10)15-13(11)7-9/h1-7,14H,8H2. The Morgan fingerprint density at radius 1 is 0.933 bits per heavy atom. The van der Waals surface area contributed by atoms with Crippen molar-refractivity contribution in [2.75, 3.05) is 0 Å². The number of fused-ring (bicyclic) bond motifs is 3. The molecular formula is C13H10OS. The van der Waals surface area contributed by atoms with E-state index in [9.17, 15) is 0 Å². The smallest absolute Gasteiger partial charge is 0.0682 e. The Balaban J connectivity index is 2.43. The van der Waals surface area contributed by atoms with Gasteiger partial charge in [-0.05, 0) is 17.7 Å². The molecule has 0 saturated heterocycles. The maximum absolute atomic E-state index is 9.08. The molecule has 1 aromatic heterocycles. The lowest BCUT2D eigenvalue weighted by Crippen LogP contribution is -1.79. The molecule has 0 radical (unpaired) electrons. The highest BCUT2D eigenvalue weighted by atomic mass is 32.1. The quantitative estimate of drug-likeness (QED) is 0.656. The van der Waals surface area contributed by atoms with E-state index in [0.717, 1.165) is 5.56 Å². The van der Waals surface area contributed by atoms with E-state index in [4.69, 9.17) is 5.11 Å². The van der Waals surface area contributed by atoms with Crippen molar-refractivity contribution in [1.82, 2.24) is 0 Å². The molecule has 0 saturated carbocycles. The Labute approximate surface area is 91.6 Å². The Morgan fingerprint density at radius 3 is 2.60 bits per heavy atom. The fourth-order valence-corrected chi connectivity index (χ4v) is 3.04. The fraction of sp³-hybridized carbons (Fsp3) is 0.0769. The minimum Gasteiger partial charge on any atom is -0.392 e. The van der Waals surface area contributed by atoms with Crippen molar-refractivity contribution in [3.63, 3.8) is 0 Å². The van der Waals surface area contributed by atoms with E-state index < -0.39 is 0 Å². The summed E-state index contributed by atoms with van der Waals surface area (Å²) in [7, 11) is 0. The fourth-order valence-electron chi connectivity index (χ4n) is 1.87. The van der Waals surface area contributed by atoms with Crippen molar-refractivity contribution < 1.29 is 5.11 Å². The Hall–Kier alpha value is -1.38. The van der Waals surface area contributed by atoms with Gasteiger partial charge in [0.15, 0.2) is 0 Å². The molecule has 15 heavy (non-hydrogen) atoms. The van der Waals surface area contributed by atoms with Crippen molar-refractivity contribution in [2.45, 2.75) is 6.61 Å². The topological polar surface area (TPSA) is 20.2 Å². The predicted molar refractivity (Wildman–Crippen MR) is 65.3 cm³/mol. The van der Waals surface area contributed by atoms with Crippen LogP contribution in [0.1, 0.15) is 5.56 Å². The number of benzene rings is 2. The Kier molecular flexibility index (Phi) is 1.97. The van der Waals surface area contributed by atoms with Gasteiger partial charge >= 0.3 is 0 Å². The van der Waals surface area contributed by atoms with Crippen LogP contribution in [0.3, 0.4) is 0 Å². The second kappa shape index (κ2) is 3.33. The van der Waals surface area contributed by atoms with E-state index in [-0.39, 0.29) is 6.61 Å². The average Bonchev–Trinajstić information content (AvgIpc) is 2.66. The number of hydrogen-bond acceptors (Lipinski definition) is 2. The lowest BCUT2D eigenvalue weighted by atomic mass is 10.1. The zero-order chi connectivity index (χ0) is 10.3. The van der Waals surface area contributed by atoms with E-state index in [1.807, 2.05) is 6.07 Å². The summed E-state index contributed by atoms with van der Waals surface area (Å²) in [4.78, 5) is 0. The largest absolute Gasteiger partial charge is 0.392 e. The molecule has 0 unspecified atom stereocenters. The van der Waals surface area contributed by atoms with E-state index in [0.29, 0.717) is 0 Å². The van der Waals surface area contributed by atoms with Crippen LogP contribution in [-0.4, -0.2) is 5.11 Å². The molecule has 3 rings (SSSR count). The van der Waals surface area contributed by atoms with Gasteiger partial charge in [0.25, 0.3) is 0 Å². The lowest BCUT2D eigenvalue weighted by molar-refractivity contribution is 0.282. The van der Waals surface area contributed by atoms with Crippen molar-refractivity contribution in [2.24, 2.45) is 0 Å². The van der Waals surface area contributed by atoms with Gasteiger partial charge in [0.2, 0.25) is 0 Å². The van der Waals surface area contributed by atoms with E-state index in [1.165, 1.54) is 20.2 Å². The van der Waals surface area contributed by atoms with E-state index in [2.05, 4.69) is 36.4 Å². The van der Waals surface area contributed by atoms with Crippen LogP contribution in [0.25, 0.3) is 20.2 Å². The summed E-state index contributed by atoms with van der Waals surface area (Å²) in [5, 5.41) is 11.7. The number of rotatable bonds is 1. The van der Waals surface area contributed by atoms with Crippen molar-refractivity contribution in [1.29, 1.82) is 0 Å². The lowest BCUT2D eigenvalue weighted by Gasteiger charge is -1.95. The molecule has 0 amide bonds. The molecule has 0 atom stereocenters. The molecule has 0 aliphatic rings. The molecule has 2 aromatic carbocycles. The van der Waals surface area contributed by atoms with Gasteiger partial charge in [-0.2, -0.15) is 0 Å². The highest BCUT2D eigenvalue weighted by Crippen LogP contribution is 2.33. The van der Waals surface area contributed by atoms with Gasteiger partial charge in [-0.25, -0.2) is 0 Å². The number of thiophene rings is 1. The first-order chi connectivity index (χ1) is 7.38. The number of aliphatic hydroxyl groups is 1. The minimum absolute atomic E-state index is 0.115. The third-order valence-corrected chi connectivity index (χ3v) is 3.76. The van der Waals surface area contributed by atoms with Gasteiger partial charge in [0.05, 0.1) is 6.61 Å². The van der Waals surface area contributed by atoms with Gasteiger partial charge in [0.1, 0.15) is 0 Å². The normalized spacial score (nSPS) is 11.3. The van der Waals surface area contributed by atoms with Crippen LogP contribution in [-0.2, 0) is 6.61 Å².